The maximum Gasteiger partial charge on any atom is 0.282 e. The fourth-order valence-corrected chi connectivity index (χ4v) is 4.50. The van der Waals surface area contributed by atoms with E-state index in [4.69, 9.17) is 0 Å². The second-order valence-electron chi connectivity index (χ2n) is 5.27. The van der Waals surface area contributed by atoms with E-state index in [1.165, 1.54) is 11.8 Å². The Morgan fingerprint density at radius 1 is 1.33 bits per heavy atom. The van der Waals surface area contributed by atoms with Gasteiger partial charge < -0.3 is 9.80 Å². The summed E-state index contributed by atoms with van der Waals surface area (Å²) in [6.07, 6.45) is 0.966. The molecule has 0 radical (unpaired) electrons. The number of hydrogen-bond acceptors (Lipinski definition) is 4. The Bertz CT molecular complexity index is 564. The summed E-state index contributed by atoms with van der Waals surface area (Å²) in [4.78, 5) is 29.0. The summed E-state index contributed by atoms with van der Waals surface area (Å²) in [5.74, 6) is 0.809. The first kappa shape index (κ1) is 14.8. The van der Waals surface area contributed by atoms with Gasteiger partial charge in [-0.05, 0) is 18.6 Å². The van der Waals surface area contributed by atoms with Crippen LogP contribution in [0.5, 0.6) is 0 Å². The Morgan fingerprint density at radius 2 is 2.14 bits per heavy atom. The molecule has 0 aromatic heterocycles. The van der Waals surface area contributed by atoms with Crippen molar-refractivity contribution < 1.29 is 9.59 Å². The van der Waals surface area contributed by atoms with Crippen LogP contribution in [0.15, 0.2) is 29.2 Å². The predicted molar refractivity (Wildman–Crippen MR) is 88.2 cm³/mol. The van der Waals surface area contributed by atoms with Crippen molar-refractivity contribution in [2.75, 3.05) is 30.3 Å². The van der Waals surface area contributed by atoms with Crippen molar-refractivity contribution in [3.8, 4) is 0 Å². The number of hydrogen-bond donors (Lipinski definition) is 0. The zero-order chi connectivity index (χ0) is 14.8. The average molecular weight is 322 g/mol. The Morgan fingerprint density at radius 3 is 2.90 bits per heavy atom. The van der Waals surface area contributed by atoms with E-state index in [0.717, 1.165) is 29.3 Å². The molecule has 4 nitrogen and oxygen atoms in total. The number of anilines is 1. The normalized spacial score (nSPS) is 22.1. The Hall–Kier alpha value is -1.14. The van der Waals surface area contributed by atoms with Gasteiger partial charge in [0.05, 0.1) is 5.69 Å². The number of amides is 2. The molecule has 1 aromatic carbocycles. The quantitative estimate of drug-likeness (QED) is 0.839. The molecule has 21 heavy (non-hydrogen) atoms. The highest BCUT2D eigenvalue weighted by atomic mass is 32.2. The summed E-state index contributed by atoms with van der Waals surface area (Å²) < 4.78 is 0. The van der Waals surface area contributed by atoms with Gasteiger partial charge in [-0.15, -0.1) is 11.8 Å². The van der Waals surface area contributed by atoms with Crippen molar-refractivity contribution in [1.29, 1.82) is 0 Å². The van der Waals surface area contributed by atoms with Crippen molar-refractivity contribution in [1.82, 2.24) is 4.90 Å². The summed E-state index contributed by atoms with van der Waals surface area (Å²) in [6, 6.07) is 8.04. The first-order valence-electron chi connectivity index (χ1n) is 7.13. The third-order valence-corrected chi connectivity index (χ3v) is 5.84. The van der Waals surface area contributed by atoms with Gasteiger partial charge in [0.25, 0.3) is 5.24 Å². The monoisotopic (exact) mass is 322 g/mol. The number of para-hydroxylation sites is 1. The molecule has 2 aliphatic heterocycles. The zero-order valence-electron chi connectivity index (χ0n) is 11.9. The Balaban J connectivity index is 1.80. The van der Waals surface area contributed by atoms with Crippen LogP contribution in [-0.2, 0) is 4.79 Å². The van der Waals surface area contributed by atoms with Gasteiger partial charge in [-0.3, -0.25) is 9.59 Å². The lowest BCUT2D eigenvalue weighted by Gasteiger charge is -2.25. The topological polar surface area (TPSA) is 40.6 Å². The smallest absolute Gasteiger partial charge is 0.282 e. The minimum absolute atomic E-state index is 0.0213. The third-order valence-electron chi connectivity index (χ3n) is 3.72. The maximum absolute atomic E-state index is 12.6. The lowest BCUT2D eigenvalue weighted by atomic mass is 10.2. The molecule has 3 rings (SSSR count). The highest BCUT2D eigenvalue weighted by Gasteiger charge is 2.28. The number of carbonyl (C=O) groups is 2. The molecule has 0 saturated carbocycles. The maximum atomic E-state index is 12.6. The van der Waals surface area contributed by atoms with Gasteiger partial charge in [0.1, 0.15) is 6.54 Å². The Labute approximate surface area is 133 Å². The molecule has 0 spiro atoms. The molecule has 6 heteroatoms. The molecule has 1 fully saturated rings. The van der Waals surface area contributed by atoms with E-state index in [1.54, 1.807) is 4.90 Å². The summed E-state index contributed by atoms with van der Waals surface area (Å²) in [6.45, 7) is 3.78. The number of benzene rings is 1. The SMILES string of the molecule is CC1CCN(C(=O)CN2CCSC2=O)c2ccccc2S1. The van der Waals surface area contributed by atoms with Gasteiger partial charge in [-0.1, -0.05) is 30.8 Å². The predicted octanol–water partition coefficient (Wildman–Crippen LogP) is 3.07. The number of rotatable bonds is 2. The van der Waals surface area contributed by atoms with E-state index in [1.807, 2.05) is 34.9 Å². The van der Waals surface area contributed by atoms with Crippen LogP contribution >= 0.6 is 23.5 Å². The van der Waals surface area contributed by atoms with Gasteiger partial charge >= 0.3 is 0 Å². The van der Waals surface area contributed by atoms with Crippen LogP contribution < -0.4 is 4.90 Å². The molecule has 2 heterocycles. The number of thioether (sulfide) groups is 2. The van der Waals surface area contributed by atoms with Gasteiger partial charge in [0.2, 0.25) is 5.91 Å². The second-order valence-corrected chi connectivity index (χ2v) is 7.79. The molecular formula is C15H18N2O2S2. The Kier molecular flexibility index (Phi) is 4.45. The van der Waals surface area contributed by atoms with Crippen LogP contribution in [0, 0.1) is 0 Å². The molecule has 0 N–H and O–H groups in total. The highest BCUT2D eigenvalue weighted by Crippen LogP contribution is 2.37. The molecule has 1 atom stereocenters. The lowest BCUT2D eigenvalue weighted by Crippen LogP contribution is -2.41. The summed E-state index contributed by atoms with van der Waals surface area (Å²) in [5.41, 5.74) is 0.983. The van der Waals surface area contributed by atoms with E-state index in [-0.39, 0.29) is 17.7 Å². The van der Waals surface area contributed by atoms with Gasteiger partial charge in [-0.2, -0.15) is 0 Å². The van der Waals surface area contributed by atoms with Crippen molar-refractivity contribution in [3.05, 3.63) is 24.3 Å². The molecule has 1 aromatic rings. The van der Waals surface area contributed by atoms with E-state index >= 15 is 0 Å². The van der Waals surface area contributed by atoms with Gasteiger partial charge in [-0.25, -0.2) is 0 Å². The molecule has 1 saturated heterocycles. The van der Waals surface area contributed by atoms with Crippen molar-refractivity contribution in [3.63, 3.8) is 0 Å². The zero-order valence-corrected chi connectivity index (χ0v) is 13.6. The lowest BCUT2D eigenvalue weighted by molar-refractivity contribution is -0.119. The summed E-state index contributed by atoms with van der Waals surface area (Å²) in [7, 11) is 0. The van der Waals surface area contributed by atoms with Crippen LogP contribution in [0.1, 0.15) is 13.3 Å². The van der Waals surface area contributed by atoms with Crippen molar-refractivity contribution in [2.45, 2.75) is 23.5 Å². The molecule has 0 aliphatic carbocycles. The molecule has 0 bridgehead atoms. The number of carbonyl (C=O) groups excluding carboxylic acids is 2. The van der Waals surface area contributed by atoms with E-state index in [0.29, 0.717) is 11.8 Å². The minimum atomic E-state index is 0.0213. The summed E-state index contributed by atoms with van der Waals surface area (Å²) >= 11 is 3.11. The summed E-state index contributed by atoms with van der Waals surface area (Å²) in [5, 5.41) is 0.516. The van der Waals surface area contributed by atoms with Crippen LogP contribution in [0.2, 0.25) is 0 Å². The largest absolute Gasteiger partial charge is 0.323 e. The first-order chi connectivity index (χ1) is 10.1. The van der Waals surface area contributed by atoms with E-state index < -0.39 is 0 Å². The number of nitrogens with zero attached hydrogens (tertiary/aromatic N) is 2. The molecule has 112 valence electrons. The fourth-order valence-electron chi connectivity index (χ4n) is 2.56. The van der Waals surface area contributed by atoms with Crippen LogP contribution in [-0.4, -0.2) is 46.7 Å². The van der Waals surface area contributed by atoms with Crippen LogP contribution in [0.4, 0.5) is 10.5 Å². The highest BCUT2D eigenvalue weighted by molar-refractivity contribution is 8.13. The van der Waals surface area contributed by atoms with Crippen LogP contribution in [0.25, 0.3) is 0 Å². The van der Waals surface area contributed by atoms with Crippen molar-refractivity contribution in [2.24, 2.45) is 0 Å². The van der Waals surface area contributed by atoms with E-state index in [2.05, 4.69) is 13.0 Å². The first-order valence-corrected chi connectivity index (χ1v) is 8.99. The van der Waals surface area contributed by atoms with E-state index in [9.17, 15) is 9.59 Å². The van der Waals surface area contributed by atoms with Crippen molar-refractivity contribution >= 4 is 40.4 Å². The molecule has 2 amide bonds. The second kappa shape index (κ2) is 6.32. The third kappa shape index (κ3) is 3.21. The molecule has 1 unspecified atom stereocenters. The molecular weight excluding hydrogens is 304 g/mol. The number of fused-ring (bicyclic) bond motifs is 1. The average Bonchev–Trinajstić information content (AvgIpc) is 2.78. The minimum Gasteiger partial charge on any atom is -0.323 e. The fraction of sp³-hybridized carbons (Fsp3) is 0.467. The standard InChI is InChI=1S/C15H18N2O2S2/c1-11-6-7-17(12-4-2-3-5-13(12)21-11)14(18)10-16-8-9-20-15(16)19/h2-5,11H,6-10H2,1H3. The van der Waals surface area contributed by atoms with Gasteiger partial charge in [0.15, 0.2) is 0 Å². The van der Waals surface area contributed by atoms with Crippen LogP contribution in [0.3, 0.4) is 0 Å². The molecule has 2 aliphatic rings. The van der Waals surface area contributed by atoms with Gasteiger partial charge in [0, 0.05) is 29.0 Å².